The maximum Gasteiger partial charge on any atom is 0.419 e. The zero-order valence-electron chi connectivity index (χ0n) is 21.7. The van der Waals surface area contributed by atoms with Crippen LogP contribution in [0.5, 0.6) is 5.75 Å². The number of unbranched alkanes of at least 4 members (excludes halogenated alkanes) is 4. The molecule has 2 rings (SSSR count). The first-order valence-corrected chi connectivity index (χ1v) is 12.1. The van der Waals surface area contributed by atoms with Crippen LogP contribution < -0.4 is 10.5 Å². The normalized spacial score (nSPS) is 11.4. The number of aromatic nitrogens is 2. The van der Waals surface area contributed by atoms with Gasteiger partial charge < -0.3 is 15.0 Å². The summed E-state index contributed by atoms with van der Waals surface area (Å²) in [6, 6.07) is 3.72. The molecule has 0 bridgehead atoms. The van der Waals surface area contributed by atoms with E-state index < -0.39 is 11.7 Å². The molecule has 1 aromatic heterocycles. The second-order valence-corrected chi connectivity index (χ2v) is 8.20. The van der Waals surface area contributed by atoms with E-state index in [1.807, 2.05) is 6.92 Å². The number of nitrogens with two attached hydrogens (primary N) is 1. The van der Waals surface area contributed by atoms with Crippen molar-refractivity contribution in [2.45, 2.75) is 91.7 Å². The highest BCUT2D eigenvalue weighted by Gasteiger charge is 2.35. The molecule has 0 aliphatic heterocycles. The molecule has 0 aliphatic carbocycles. The number of amidine groups is 1. The number of benzene rings is 1. The van der Waals surface area contributed by atoms with Crippen molar-refractivity contribution in [3.05, 3.63) is 42.3 Å². The van der Waals surface area contributed by atoms with Crippen LogP contribution in [0, 0.1) is 5.41 Å². The number of alkyl halides is 3. The smallest absolute Gasteiger partial charge is 0.419 e. The van der Waals surface area contributed by atoms with Gasteiger partial charge in [-0.05, 0) is 31.5 Å². The molecule has 6 nitrogen and oxygen atoms in total. The summed E-state index contributed by atoms with van der Waals surface area (Å²) < 4.78 is 50.1. The van der Waals surface area contributed by atoms with E-state index in [-0.39, 0.29) is 35.5 Å². The molecular weight excluding hydrogens is 457 g/mol. The Balaban J connectivity index is 0.000000976. The highest BCUT2D eigenvalue weighted by Crippen LogP contribution is 2.38. The first kappa shape index (κ1) is 32.2. The third-order valence-electron chi connectivity index (χ3n) is 4.71. The lowest BCUT2D eigenvalue weighted by Gasteiger charge is -2.13. The molecule has 0 saturated heterocycles. The second-order valence-electron chi connectivity index (χ2n) is 8.20. The third-order valence-corrected chi connectivity index (χ3v) is 4.71. The number of nitrogens with one attached hydrogen (secondary N) is 1. The molecule has 0 radical (unpaired) electrons. The number of hydrogen-bond acceptors (Lipinski definition) is 5. The topological polar surface area (TPSA) is 98.0 Å². The molecule has 0 saturated carbocycles. The summed E-state index contributed by atoms with van der Waals surface area (Å²) >= 11 is 0. The van der Waals surface area contributed by atoms with Crippen molar-refractivity contribution in [3.8, 4) is 17.1 Å². The zero-order chi connectivity index (χ0) is 26.9. The van der Waals surface area contributed by atoms with Crippen molar-refractivity contribution in [1.82, 2.24) is 10.1 Å². The fourth-order valence-corrected chi connectivity index (χ4v) is 2.85. The molecule has 0 aliphatic rings. The average Bonchev–Trinajstić information content (AvgIpc) is 3.29. The highest BCUT2D eigenvalue weighted by molar-refractivity contribution is 5.73. The van der Waals surface area contributed by atoms with E-state index >= 15 is 0 Å². The molecule has 198 valence electrons. The lowest BCUT2D eigenvalue weighted by Crippen LogP contribution is -2.09. The van der Waals surface area contributed by atoms with Gasteiger partial charge in [0.05, 0.1) is 11.4 Å². The van der Waals surface area contributed by atoms with Crippen LogP contribution in [0.25, 0.3) is 11.4 Å². The van der Waals surface area contributed by atoms with Gasteiger partial charge in [-0.25, -0.2) is 0 Å². The van der Waals surface area contributed by atoms with Crippen LogP contribution in [0.3, 0.4) is 0 Å². The summed E-state index contributed by atoms with van der Waals surface area (Å²) in [6.07, 6.45) is 5.33. The molecule has 1 atom stereocenters. The van der Waals surface area contributed by atoms with Crippen LogP contribution in [-0.4, -0.2) is 22.6 Å². The molecular formula is C26H41F3N4O2. The molecule has 0 unspecified atom stereocenters. The van der Waals surface area contributed by atoms with Crippen molar-refractivity contribution < 1.29 is 22.4 Å². The number of nitrogens with zero attached hydrogens (tertiary/aromatic N) is 2. The minimum atomic E-state index is -4.55. The van der Waals surface area contributed by atoms with Crippen LogP contribution >= 0.6 is 0 Å². The molecule has 35 heavy (non-hydrogen) atoms. The molecule has 1 heterocycles. The fourth-order valence-electron chi connectivity index (χ4n) is 2.85. The van der Waals surface area contributed by atoms with E-state index in [9.17, 15) is 13.2 Å². The number of halogens is 3. The Kier molecular flexibility index (Phi) is 16.1. The predicted molar refractivity (Wildman–Crippen MR) is 136 cm³/mol. The van der Waals surface area contributed by atoms with Crippen LogP contribution in [0.15, 0.2) is 35.4 Å². The largest absolute Gasteiger partial charge is 0.489 e. The first-order chi connectivity index (χ1) is 16.5. The van der Waals surface area contributed by atoms with Crippen molar-refractivity contribution in [3.63, 3.8) is 0 Å². The van der Waals surface area contributed by atoms with Gasteiger partial charge >= 0.3 is 6.18 Å². The Morgan fingerprint density at radius 1 is 1.17 bits per heavy atom. The van der Waals surface area contributed by atoms with Gasteiger partial charge in [-0.3, -0.25) is 5.41 Å². The van der Waals surface area contributed by atoms with Crippen LogP contribution in [0.1, 0.15) is 96.9 Å². The Morgan fingerprint density at radius 2 is 1.74 bits per heavy atom. The Labute approximate surface area is 207 Å². The maximum absolute atomic E-state index is 13.3. The monoisotopic (exact) mass is 498 g/mol. The molecule has 0 fully saturated rings. The zero-order valence-corrected chi connectivity index (χ0v) is 21.7. The van der Waals surface area contributed by atoms with Gasteiger partial charge in [-0.1, -0.05) is 84.0 Å². The van der Waals surface area contributed by atoms with Gasteiger partial charge in [0.1, 0.15) is 12.4 Å². The van der Waals surface area contributed by atoms with E-state index in [1.54, 1.807) is 0 Å². The fraction of sp³-hybridized carbons (Fsp3) is 0.577. The number of rotatable bonds is 11. The van der Waals surface area contributed by atoms with E-state index in [2.05, 4.69) is 37.5 Å². The van der Waals surface area contributed by atoms with Gasteiger partial charge in [-0.15, -0.1) is 0 Å². The molecule has 2 aromatic rings. The SMILES string of the molecule is C=CCOc1ccc(-c2noc([C@@H](C)CCCC)n2)cc1C(F)(F)F.CC(=N)N.CCCCCC. The van der Waals surface area contributed by atoms with Crippen LogP contribution in [0.4, 0.5) is 13.2 Å². The van der Waals surface area contributed by atoms with Crippen molar-refractivity contribution in [2.24, 2.45) is 5.73 Å². The van der Waals surface area contributed by atoms with E-state index in [0.29, 0.717) is 5.89 Å². The summed E-state index contributed by atoms with van der Waals surface area (Å²) in [4.78, 5) is 4.25. The molecule has 9 heteroatoms. The molecule has 3 N–H and O–H groups in total. The number of ether oxygens (including phenoxy) is 1. The minimum Gasteiger partial charge on any atom is -0.489 e. The van der Waals surface area contributed by atoms with Gasteiger partial charge in [-0.2, -0.15) is 18.2 Å². The Hall–Kier alpha value is -2.84. The van der Waals surface area contributed by atoms with E-state index in [4.69, 9.17) is 20.4 Å². The van der Waals surface area contributed by atoms with Gasteiger partial charge in [0.15, 0.2) is 0 Å². The second kappa shape index (κ2) is 17.6. The summed E-state index contributed by atoms with van der Waals surface area (Å²) in [6.45, 7) is 13.5. The Morgan fingerprint density at radius 3 is 2.23 bits per heavy atom. The quantitative estimate of drug-likeness (QED) is 0.141. The average molecular weight is 499 g/mol. The summed E-state index contributed by atoms with van der Waals surface area (Å²) in [7, 11) is 0. The Bertz CT molecular complexity index is 859. The van der Waals surface area contributed by atoms with Crippen LogP contribution in [0.2, 0.25) is 0 Å². The highest BCUT2D eigenvalue weighted by atomic mass is 19.4. The third kappa shape index (κ3) is 13.6. The van der Waals surface area contributed by atoms with E-state index in [0.717, 1.165) is 25.3 Å². The summed E-state index contributed by atoms with van der Waals surface area (Å²) in [5, 5.41) is 10.1. The van der Waals surface area contributed by atoms with Crippen LogP contribution in [-0.2, 0) is 6.18 Å². The maximum atomic E-state index is 13.3. The van der Waals surface area contributed by atoms with Crippen molar-refractivity contribution in [1.29, 1.82) is 5.41 Å². The molecule has 0 spiro atoms. The lowest BCUT2D eigenvalue weighted by atomic mass is 10.0. The molecule has 1 aromatic carbocycles. The standard InChI is InChI=1S/C18H21F3N2O2.C6H14.C2H6N2/c1-4-6-7-12(3)17-22-16(23-25-17)13-8-9-15(24-10-5-2)14(11-13)18(19,20)21;1-3-5-6-4-2;1-2(3)4/h5,8-9,11-12H,2,4,6-7,10H2,1,3H3;3-6H2,1-2H3;1H3,(H3,3,4)/t12-;;/m0../s1. The van der Waals surface area contributed by atoms with Gasteiger partial charge in [0.2, 0.25) is 11.7 Å². The van der Waals surface area contributed by atoms with E-state index in [1.165, 1.54) is 50.8 Å². The first-order valence-electron chi connectivity index (χ1n) is 12.1. The summed E-state index contributed by atoms with van der Waals surface area (Å²) in [5.41, 5.74) is 4.05. The minimum absolute atomic E-state index is 0.0102. The predicted octanol–water partition coefficient (Wildman–Crippen LogP) is 8.14. The van der Waals surface area contributed by atoms with Gasteiger partial charge in [0.25, 0.3) is 0 Å². The van der Waals surface area contributed by atoms with Crippen molar-refractivity contribution in [2.75, 3.05) is 6.61 Å². The number of hydrogen-bond donors (Lipinski definition) is 2. The van der Waals surface area contributed by atoms with Crippen molar-refractivity contribution >= 4 is 5.84 Å². The summed E-state index contributed by atoms with van der Waals surface area (Å²) in [5.74, 6) is 0.553. The lowest BCUT2D eigenvalue weighted by molar-refractivity contribution is -0.138. The van der Waals surface area contributed by atoms with Gasteiger partial charge in [0, 0.05) is 11.5 Å². The molecule has 0 amide bonds.